The van der Waals surface area contributed by atoms with E-state index >= 15 is 0 Å². The summed E-state index contributed by atoms with van der Waals surface area (Å²) in [6.45, 7) is 5.92. The van der Waals surface area contributed by atoms with E-state index in [1.807, 2.05) is 13.8 Å². The van der Waals surface area contributed by atoms with Crippen molar-refractivity contribution in [2.45, 2.75) is 32.8 Å². The molecule has 0 aromatic carbocycles. The topological polar surface area (TPSA) is 75.3 Å². The SMILES string of the molecule is CC(C)CC(C)(O)CNC(N)=O. The summed E-state index contributed by atoms with van der Waals surface area (Å²) in [7, 11) is 0. The number of hydrogen-bond donors (Lipinski definition) is 3. The maximum atomic E-state index is 10.3. The molecule has 0 spiro atoms. The van der Waals surface area contributed by atoms with E-state index < -0.39 is 11.6 Å². The molecule has 0 aliphatic heterocycles. The Balaban J connectivity index is 3.78. The van der Waals surface area contributed by atoms with Gasteiger partial charge in [0.25, 0.3) is 0 Å². The number of primary amides is 1. The van der Waals surface area contributed by atoms with Gasteiger partial charge in [-0.15, -0.1) is 0 Å². The summed E-state index contributed by atoms with van der Waals surface area (Å²) in [6.07, 6.45) is 0.646. The average Bonchev–Trinajstić information content (AvgIpc) is 1.81. The van der Waals surface area contributed by atoms with E-state index in [1.54, 1.807) is 6.92 Å². The highest BCUT2D eigenvalue weighted by atomic mass is 16.3. The molecule has 0 aromatic rings. The fraction of sp³-hybridized carbons (Fsp3) is 0.875. The summed E-state index contributed by atoms with van der Waals surface area (Å²) in [4.78, 5) is 10.3. The molecule has 0 bridgehead atoms. The Hall–Kier alpha value is -0.770. The zero-order valence-electron chi connectivity index (χ0n) is 7.92. The lowest BCUT2D eigenvalue weighted by Gasteiger charge is -2.24. The second-order valence-corrected chi connectivity index (χ2v) is 3.81. The quantitative estimate of drug-likeness (QED) is 0.579. The molecule has 2 amide bonds. The first-order chi connectivity index (χ1) is 5.33. The molecule has 0 aliphatic carbocycles. The smallest absolute Gasteiger partial charge is 0.312 e. The Morgan fingerprint density at radius 3 is 2.50 bits per heavy atom. The van der Waals surface area contributed by atoms with Gasteiger partial charge in [0.1, 0.15) is 0 Å². The number of aliphatic hydroxyl groups is 1. The van der Waals surface area contributed by atoms with E-state index in [4.69, 9.17) is 5.73 Å². The number of nitrogens with two attached hydrogens (primary N) is 1. The van der Waals surface area contributed by atoms with Gasteiger partial charge < -0.3 is 16.2 Å². The van der Waals surface area contributed by atoms with Gasteiger partial charge in [-0.3, -0.25) is 0 Å². The van der Waals surface area contributed by atoms with Gasteiger partial charge in [0, 0.05) is 6.54 Å². The zero-order chi connectivity index (χ0) is 9.78. The minimum Gasteiger partial charge on any atom is -0.388 e. The summed E-state index contributed by atoms with van der Waals surface area (Å²) < 4.78 is 0. The number of nitrogens with one attached hydrogen (secondary N) is 1. The van der Waals surface area contributed by atoms with Crippen molar-refractivity contribution in [3.63, 3.8) is 0 Å². The molecule has 1 atom stereocenters. The molecular weight excluding hydrogens is 156 g/mol. The number of carbonyl (C=O) groups is 1. The molecule has 0 rings (SSSR count). The van der Waals surface area contributed by atoms with Gasteiger partial charge in [-0.2, -0.15) is 0 Å². The lowest BCUT2D eigenvalue weighted by molar-refractivity contribution is 0.0412. The van der Waals surface area contributed by atoms with Crippen LogP contribution in [-0.2, 0) is 0 Å². The fourth-order valence-electron chi connectivity index (χ4n) is 1.23. The molecule has 0 aliphatic rings. The molecule has 4 heteroatoms. The van der Waals surface area contributed by atoms with Crippen molar-refractivity contribution in [1.82, 2.24) is 5.32 Å². The minimum atomic E-state index is -0.858. The summed E-state index contributed by atoms with van der Waals surface area (Å²) in [5, 5.41) is 12.0. The van der Waals surface area contributed by atoms with Gasteiger partial charge in [0.05, 0.1) is 5.60 Å². The number of carbonyl (C=O) groups excluding carboxylic acids is 1. The Kier molecular flexibility index (Phi) is 4.03. The highest BCUT2D eigenvalue weighted by Gasteiger charge is 2.21. The van der Waals surface area contributed by atoms with Gasteiger partial charge in [-0.05, 0) is 19.3 Å². The Labute approximate surface area is 73.1 Å². The van der Waals surface area contributed by atoms with E-state index in [2.05, 4.69) is 5.32 Å². The first-order valence-corrected chi connectivity index (χ1v) is 4.09. The van der Waals surface area contributed by atoms with E-state index in [0.29, 0.717) is 12.3 Å². The van der Waals surface area contributed by atoms with Crippen LogP contribution in [0.4, 0.5) is 4.79 Å². The second-order valence-electron chi connectivity index (χ2n) is 3.81. The van der Waals surface area contributed by atoms with Crippen LogP contribution in [0.1, 0.15) is 27.2 Å². The second kappa shape index (κ2) is 4.30. The molecule has 72 valence electrons. The minimum absolute atomic E-state index is 0.209. The molecule has 4 N–H and O–H groups in total. The number of urea groups is 1. The molecule has 0 aromatic heterocycles. The third-order valence-corrected chi connectivity index (χ3v) is 1.49. The average molecular weight is 174 g/mol. The van der Waals surface area contributed by atoms with Gasteiger partial charge in [-0.25, -0.2) is 4.79 Å². The summed E-state index contributed by atoms with van der Waals surface area (Å²) in [5.41, 5.74) is 4.01. The maximum absolute atomic E-state index is 10.3. The van der Waals surface area contributed by atoms with E-state index in [-0.39, 0.29) is 6.54 Å². The van der Waals surface area contributed by atoms with Crippen LogP contribution in [-0.4, -0.2) is 23.3 Å². The van der Waals surface area contributed by atoms with Crippen molar-refractivity contribution in [3.8, 4) is 0 Å². The maximum Gasteiger partial charge on any atom is 0.312 e. The third kappa shape index (κ3) is 5.97. The van der Waals surface area contributed by atoms with Gasteiger partial charge in [-0.1, -0.05) is 13.8 Å². The Morgan fingerprint density at radius 2 is 2.17 bits per heavy atom. The first kappa shape index (κ1) is 11.2. The van der Waals surface area contributed by atoms with Gasteiger partial charge >= 0.3 is 6.03 Å². The molecule has 12 heavy (non-hydrogen) atoms. The molecule has 0 saturated carbocycles. The molecule has 1 unspecified atom stereocenters. The van der Waals surface area contributed by atoms with E-state index in [9.17, 15) is 9.90 Å². The molecule has 0 fully saturated rings. The summed E-state index contributed by atoms with van der Waals surface area (Å²) in [6, 6.07) is -0.598. The summed E-state index contributed by atoms with van der Waals surface area (Å²) in [5.74, 6) is 0.398. The first-order valence-electron chi connectivity index (χ1n) is 4.09. The van der Waals surface area contributed by atoms with Crippen LogP contribution in [0.3, 0.4) is 0 Å². The Morgan fingerprint density at radius 1 is 1.67 bits per heavy atom. The lowest BCUT2D eigenvalue weighted by atomic mass is 9.94. The Bertz CT molecular complexity index is 155. The van der Waals surface area contributed by atoms with Crippen LogP contribution in [0.15, 0.2) is 0 Å². The number of rotatable bonds is 4. The van der Waals surface area contributed by atoms with Crippen molar-refractivity contribution in [1.29, 1.82) is 0 Å². The van der Waals surface area contributed by atoms with Crippen molar-refractivity contribution < 1.29 is 9.90 Å². The van der Waals surface area contributed by atoms with Crippen LogP contribution in [0.5, 0.6) is 0 Å². The predicted octanol–water partition coefficient (Wildman–Crippen LogP) is 0.452. The standard InChI is InChI=1S/C8H18N2O2/c1-6(2)4-8(3,12)5-10-7(9)11/h6,12H,4-5H2,1-3H3,(H3,9,10,11). The largest absolute Gasteiger partial charge is 0.388 e. The summed E-state index contributed by atoms with van der Waals surface area (Å²) >= 11 is 0. The van der Waals surface area contributed by atoms with Gasteiger partial charge in [0.2, 0.25) is 0 Å². The van der Waals surface area contributed by atoms with Crippen LogP contribution < -0.4 is 11.1 Å². The fourth-order valence-corrected chi connectivity index (χ4v) is 1.23. The lowest BCUT2D eigenvalue weighted by Crippen LogP contribution is -2.43. The third-order valence-electron chi connectivity index (χ3n) is 1.49. The van der Waals surface area contributed by atoms with Crippen molar-refractivity contribution in [3.05, 3.63) is 0 Å². The van der Waals surface area contributed by atoms with Crippen LogP contribution in [0, 0.1) is 5.92 Å². The number of hydrogen-bond acceptors (Lipinski definition) is 2. The molecular formula is C8H18N2O2. The van der Waals surface area contributed by atoms with Crippen LogP contribution in [0.25, 0.3) is 0 Å². The van der Waals surface area contributed by atoms with Crippen molar-refractivity contribution >= 4 is 6.03 Å². The van der Waals surface area contributed by atoms with Crippen molar-refractivity contribution in [2.75, 3.05) is 6.54 Å². The molecule has 4 nitrogen and oxygen atoms in total. The molecule has 0 radical (unpaired) electrons. The highest BCUT2D eigenvalue weighted by molar-refractivity contribution is 5.71. The predicted molar refractivity (Wildman–Crippen MR) is 47.7 cm³/mol. The number of amides is 2. The normalized spacial score (nSPS) is 15.8. The molecule has 0 heterocycles. The van der Waals surface area contributed by atoms with E-state index in [1.165, 1.54) is 0 Å². The monoisotopic (exact) mass is 174 g/mol. The van der Waals surface area contributed by atoms with Gasteiger partial charge in [0.15, 0.2) is 0 Å². The van der Waals surface area contributed by atoms with Crippen LogP contribution >= 0.6 is 0 Å². The zero-order valence-corrected chi connectivity index (χ0v) is 7.92. The highest BCUT2D eigenvalue weighted by Crippen LogP contribution is 2.14. The van der Waals surface area contributed by atoms with Crippen LogP contribution in [0.2, 0.25) is 0 Å². The molecule has 0 saturated heterocycles. The van der Waals surface area contributed by atoms with Crippen molar-refractivity contribution in [2.24, 2.45) is 11.7 Å². The van der Waals surface area contributed by atoms with E-state index in [0.717, 1.165) is 0 Å².